The number of aliphatic hydroxyl groups is 1. The van der Waals surface area contributed by atoms with Crippen LogP contribution in [0.4, 0.5) is 0 Å². The lowest BCUT2D eigenvalue weighted by atomic mass is 10.1. The summed E-state index contributed by atoms with van der Waals surface area (Å²) >= 11 is 0. The van der Waals surface area contributed by atoms with Crippen molar-refractivity contribution in [2.45, 2.75) is 55.5 Å². The van der Waals surface area contributed by atoms with E-state index in [2.05, 4.69) is 5.48 Å². The maximum absolute atomic E-state index is 13.4. The van der Waals surface area contributed by atoms with Gasteiger partial charge in [-0.05, 0) is 43.9 Å². The van der Waals surface area contributed by atoms with E-state index >= 15 is 0 Å². The number of hydrogen-bond donors (Lipinski definition) is 2. The zero-order chi connectivity index (χ0) is 24.0. The molecule has 2 aromatic rings. The minimum Gasteiger partial charge on any atom is -0.490 e. The van der Waals surface area contributed by atoms with Crippen molar-refractivity contribution in [1.29, 1.82) is 0 Å². The second kappa shape index (κ2) is 11.3. The number of sulfonamides is 1. The molecule has 0 aliphatic carbocycles. The summed E-state index contributed by atoms with van der Waals surface area (Å²) in [4.78, 5) is 17.6. The lowest BCUT2D eigenvalue weighted by molar-refractivity contribution is -0.203. The Kier molecular flexibility index (Phi) is 8.17. The summed E-state index contributed by atoms with van der Waals surface area (Å²) < 4.78 is 39.5. The van der Waals surface area contributed by atoms with Gasteiger partial charge in [-0.1, -0.05) is 36.4 Å². The van der Waals surface area contributed by atoms with Crippen LogP contribution in [0.25, 0.3) is 0 Å². The Labute approximate surface area is 199 Å². The van der Waals surface area contributed by atoms with E-state index in [1.165, 1.54) is 16.4 Å². The van der Waals surface area contributed by atoms with Gasteiger partial charge in [0, 0.05) is 31.7 Å². The van der Waals surface area contributed by atoms with Crippen LogP contribution in [0.1, 0.15) is 43.8 Å². The molecule has 34 heavy (non-hydrogen) atoms. The van der Waals surface area contributed by atoms with Crippen molar-refractivity contribution in [3.05, 3.63) is 60.2 Å². The molecule has 0 aromatic heterocycles. The Morgan fingerprint density at radius 1 is 1.03 bits per heavy atom. The fraction of sp³-hybridized carbons (Fsp3) is 0.458. The molecule has 0 spiro atoms. The number of piperidine rings is 1. The maximum atomic E-state index is 13.4. The van der Waals surface area contributed by atoms with Gasteiger partial charge in [-0.2, -0.15) is 4.31 Å². The van der Waals surface area contributed by atoms with Gasteiger partial charge >= 0.3 is 0 Å². The predicted octanol–water partition coefficient (Wildman–Crippen LogP) is 2.53. The summed E-state index contributed by atoms with van der Waals surface area (Å²) in [6.07, 6.45) is 1.17. The lowest BCUT2D eigenvalue weighted by Crippen LogP contribution is -2.42. The SMILES string of the molecule is O=C(NOC1CCCCO1)C(O)c1ccccc1S(=O)(=O)N1CCC(Oc2ccccc2)CC1. The molecule has 2 aliphatic heterocycles. The molecule has 0 bridgehead atoms. The number of amides is 1. The zero-order valence-electron chi connectivity index (χ0n) is 18.8. The van der Waals surface area contributed by atoms with E-state index in [0.717, 1.165) is 18.6 Å². The Morgan fingerprint density at radius 3 is 2.44 bits per heavy atom. The topological polar surface area (TPSA) is 114 Å². The number of rotatable bonds is 8. The molecule has 2 unspecified atom stereocenters. The molecule has 0 saturated carbocycles. The summed E-state index contributed by atoms with van der Waals surface area (Å²) in [5, 5.41) is 10.6. The Balaban J connectivity index is 1.40. The highest BCUT2D eigenvalue weighted by Gasteiger charge is 2.34. The molecule has 2 heterocycles. The number of para-hydroxylation sites is 1. The third-order valence-electron chi connectivity index (χ3n) is 5.96. The molecule has 2 N–H and O–H groups in total. The molecule has 2 aromatic carbocycles. The average Bonchev–Trinajstić information content (AvgIpc) is 2.88. The van der Waals surface area contributed by atoms with Crippen LogP contribution in [-0.4, -0.2) is 55.8 Å². The molecule has 2 atom stereocenters. The van der Waals surface area contributed by atoms with Gasteiger partial charge in [0.1, 0.15) is 11.9 Å². The smallest absolute Gasteiger partial charge is 0.277 e. The number of carbonyl (C=O) groups is 1. The first-order chi connectivity index (χ1) is 16.4. The third kappa shape index (κ3) is 5.94. The van der Waals surface area contributed by atoms with Crippen molar-refractivity contribution in [3.63, 3.8) is 0 Å². The minimum absolute atomic E-state index is 0.00387. The number of aliphatic hydroxyl groups excluding tert-OH is 1. The fourth-order valence-electron chi connectivity index (χ4n) is 4.09. The zero-order valence-corrected chi connectivity index (χ0v) is 19.7. The molecule has 0 radical (unpaired) electrons. The van der Waals surface area contributed by atoms with Crippen molar-refractivity contribution in [1.82, 2.24) is 9.79 Å². The first kappa shape index (κ1) is 24.6. The first-order valence-corrected chi connectivity index (χ1v) is 12.9. The fourth-order valence-corrected chi connectivity index (χ4v) is 5.79. The van der Waals surface area contributed by atoms with Crippen LogP contribution >= 0.6 is 0 Å². The molecule has 184 valence electrons. The molecule has 9 nitrogen and oxygen atoms in total. The van der Waals surface area contributed by atoms with E-state index < -0.39 is 28.3 Å². The minimum atomic E-state index is -3.93. The summed E-state index contributed by atoms with van der Waals surface area (Å²) in [5.41, 5.74) is 2.20. The van der Waals surface area contributed by atoms with Gasteiger partial charge in [0.15, 0.2) is 12.4 Å². The standard InChI is InChI=1S/C24H30N2O7S/c27-23(24(28)25-33-22-12-6-7-17-31-22)20-10-4-5-11-21(20)34(29,30)26-15-13-19(14-16-26)32-18-8-2-1-3-9-18/h1-5,8-11,19,22-23,27H,6-7,12-17H2,(H,25,28). The van der Waals surface area contributed by atoms with Crippen LogP contribution in [0.5, 0.6) is 5.75 Å². The highest BCUT2D eigenvalue weighted by molar-refractivity contribution is 7.89. The van der Waals surface area contributed by atoms with Gasteiger partial charge in [0.2, 0.25) is 10.0 Å². The van der Waals surface area contributed by atoms with Crippen LogP contribution in [0, 0.1) is 0 Å². The summed E-state index contributed by atoms with van der Waals surface area (Å²) in [6.45, 7) is 1.09. The van der Waals surface area contributed by atoms with Gasteiger partial charge in [-0.3, -0.25) is 4.79 Å². The maximum Gasteiger partial charge on any atom is 0.277 e. The Hall–Kier alpha value is -2.50. The Bertz CT molecular complexity index is 1050. The van der Waals surface area contributed by atoms with Gasteiger partial charge < -0.3 is 14.6 Å². The summed E-state index contributed by atoms with van der Waals surface area (Å²) in [7, 11) is -3.93. The van der Waals surface area contributed by atoms with Crippen LogP contribution in [-0.2, 0) is 24.4 Å². The van der Waals surface area contributed by atoms with Gasteiger partial charge in [-0.15, -0.1) is 0 Å². The van der Waals surface area contributed by atoms with E-state index in [4.69, 9.17) is 14.3 Å². The van der Waals surface area contributed by atoms with Crippen LogP contribution < -0.4 is 10.2 Å². The van der Waals surface area contributed by atoms with Crippen molar-refractivity contribution in [2.24, 2.45) is 0 Å². The number of nitrogens with zero attached hydrogens (tertiary/aromatic N) is 1. The molecule has 10 heteroatoms. The van der Waals surface area contributed by atoms with E-state index in [1.54, 1.807) is 12.1 Å². The van der Waals surface area contributed by atoms with Crippen molar-refractivity contribution >= 4 is 15.9 Å². The Morgan fingerprint density at radius 2 is 1.74 bits per heavy atom. The third-order valence-corrected chi connectivity index (χ3v) is 7.93. The van der Waals surface area contributed by atoms with E-state index in [1.807, 2.05) is 30.3 Å². The molecule has 2 saturated heterocycles. The number of hydrogen-bond acceptors (Lipinski definition) is 7. The van der Waals surface area contributed by atoms with Gasteiger partial charge in [0.25, 0.3) is 5.91 Å². The van der Waals surface area contributed by atoms with Crippen molar-refractivity contribution < 1.29 is 32.6 Å². The normalized spacial score (nSPS) is 21.0. The van der Waals surface area contributed by atoms with Gasteiger partial charge in [-0.25, -0.2) is 18.7 Å². The predicted molar refractivity (Wildman–Crippen MR) is 123 cm³/mol. The number of benzene rings is 2. The first-order valence-electron chi connectivity index (χ1n) is 11.5. The van der Waals surface area contributed by atoms with Crippen molar-refractivity contribution in [2.75, 3.05) is 19.7 Å². The summed E-state index contributed by atoms with van der Waals surface area (Å²) in [6, 6.07) is 15.4. The van der Waals surface area contributed by atoms with Crippen LogP contribution in [0.2, 0.25) is 0 Å². The lowest BCUT2D eigenvalue weighted by Gasteiger charge is -2.32. The van der Waals surface area contributed by atoms with Gasteiger partial charge in [0.05, 0.1) is 4.90 Å². The van der Waals surface area contributed by atoms with Crippen LogP contribution in [0.3, 0.4) is 0 Å². The van der Waals surface area contributed by atoms with E-state index in [-0.39, 0.29) is 29.7 Å². The highest BCUT2D eigenvalue weighted by atomic mass is 32.2. The molecular weight excluding hydrogens is 460 g/mol. The molecule has 2 fully saturated rings. The van der Waals surface area contributed by atoms with E-state index in [9.17, 15) is 18.3 Å². The second-order valence-corrected chi connectivity index (χ2v) is 10.3. The molecule has 4 rings (SSSR count). The average molecular weight is 491 g/mol. The van der Waals surface area contributed by atoms with E-state index in [0.29, 0.717) is 25.9 Å². The summed E-state index contributed by atoms with van der Waals surface area (Å²) in [5.74, 6) is -0.101. The largest absolute Gasteiger partial charge is 0.490 e. The molecule has 1 amide bonds. The number of carbonyl (C=O) groups excluding carboxylic acids is 1. The van der Waals surface area contributed by atoms with Crippen LogP contribution in [0.15, 0.2) is 59.5 Å². The quantitative estimate of drug-likeness (QED) is 0.547. The molecule has 2 aliphatic rings. The second-order valence-electron chi connectivity index (χ2n) is 8.36. The van der Waals surface area contributed by atoms with Crippen molar-refractivity contribution in [3.8, 4) is 5.75 Å². The number of hydroxylamine groups is 1. The molecular formula is C24H30N2O7S. The number of nitrogens with one attached hydrogen (secondary N) is 1. The monoisotopic (exact) mass is 490 g/mol. The highest BCUT2D eigenvalue weighted by Crippen LogP contribution is 2.29. The number of ether oxygens (including phenoxy) is 2.